The van der Waals surface area contributed by atoms with Crippen LogP contribution in [0.2, 0.25) is 0 Å². The number of piperidine rings is 1. The molecule has 3 aliphatic rings. The maximum atomic E-state index is 12.7. The van der Waals surface area contributed by atoms with Crippen molar-refractivity contribution in [1.82, 2.24) is 9.80 Å². The van der Waals surface area contributed by atoms with Gasteiger partial charge in [0.25, 0.3) is 5.91 Å². The van der Waals surface area contributed by atoms with Crippen LogP contribution in [0.4, 0.5) is 13.2 Å². The Hall–Kier alpha value is -2.07. The van der Waals surface area contributed by atoms with E-state index in [4.69, 9.17) is 19.1 Å². The number of carbonyl (C=O) groups is 2. The van der Waals surface area contributed by atoms with Gasteiger partial charge in [-0.2, -0.15) is 13.2 Å². The highest BCUT2D eigenvalue weighted by Gasteiger charge is 2.47. The number of aliphatic carboxylic acids is 1. The molecule has 2 aliphatic heterocycles. The van der Waals surface area contributed by atoms with Gasteiger partial charge in [0.1, 0.15) is 5.76 Å². The molecule has 1 N–H and O–H groups in total. The second-order valence-electron chi connectivity index (χ2n) is 9.22. The molecule has 32 heavy (non-hydrogen) atoms. The third-order valence-electron chi connectivity index (χ3n) is 6.73. The SMILES string of the molecule is Cc1occc1C(=O)N1CCC2(CC1)CN(C)CC2COCC1CC1.O=C(O)C(F)(F)F. The molecule has 1 aromatic heterocycles. The van der Waals surface area contributed by atoms with Crippen LogP contribution in [0.15, 0.2) is 16.7 Å². The molecule has 1 atom stereocenters. The van der Waals surface area contributed by atoms with Crippen molar-refractivity contribution in [3.63, 3.8) is 0 Å². The minimum Gasteiger partial charge on any atom is -0.475 e. The number of carboxylic acid groups (broad SMARTS) is 1. The largest absolute Gasteiger partial charge is 0.490 e. The number of hydrogen-bond donors (Lipinski definition) is 1. The Bertz CT molecular complexity index is 798. The Labute approximate surface area is 185 Å². The standard InChI is InChI=1S/C20H30N2O3.C2HF3O2/c1-15-18(5-10-25-15)19(23)22-8-6-20(7-9-22)14-21(2)11-17(20)13-24-12-16-3-4-16;3-2(4,5)1(6)7/h5,10,16-17H,3-4,6-9,11-14H2,1-2H3;(H,6,7). The summed E-state index contributed by atoms with van der Waals surface area (Å²) in [7, 11) is 2.22. The molecule has 1 unspecified atom stereocenters. The minimum atomic E-state index is -5.08. The molecule has 1 aromatic rings. The summed E-state index contributed by atoms with van der Waals surface area (Å²) in [6.07, 6.45) is 1.38. The van der Waals surface area contributed by atoms with Gasteiger partial charge in [-0.15, -0.1) is 0 Å². The van der Waals surface area contributed by atoms with E-state index in [0.29, 0.717) is 16.9 Å². The summed E-state index contributed by atoms with van der Waals surface area (Å²) in [5.41, 5.74) is 1.03. The Morgan fingerprint density at radius 2 is 1.88 bits per heavy atom. The van der Waals surface area contributed by atoms with Gasteiger partial charge in [-0.1, -0.05) is 0 Å². The quantitative estimate of drug-likeness (QED) is 0.725. The Morgan fingerprint density at radius 1 is 1.25 bits per heavy atom. The lowest BCUT2D eigenvalue weighted by molar-refractivity contribution is -0.192. The summed E-state index contributed by atoms with van der Waals surface area (Å²) in [4.78, 5) is 26.1. The normalized spacial score (nSPS) is 23.2. The number of nitrogens with zero attached hydrogens (tertiary/aromatic N) is 2. The van der Waals surface area contributed by atoms with E-state index < -0.39 is 12.1 Å². The number of hydrogen-bond acceptors (Lipinski definition) is 5. The van der Waals surface area contributed by atoms with Crippen molar-refractivity contribution in [2.24, 2.45) is 17.3 Å². The minimum absolute atomic E-state index is 0.119. The van der Waals surface area contributed by atoms with Gasteiger partial charge in [0, 0.05) is 38.7 Å². The number of aryl methyl sites for hydroxylation is 1. The van der Waals surface area contributed by atoms with Crippen molar-refractivity contribution in [3.8, 4) is 0 Å². The number of amides is 1. The molecule has 1 amide bonds. The van der Waals surface area contributed by atoms with Crippen LogP contribution in [0.1, 0.15) is 41.8 Å². The number of furan rings is 1. The van der Waals surface area contributed by atoms with Crippen LogP contribution >= 0.6 is 0 Å². The highest BCUT2D eigenvalue weighted by Crippen LogP contribution is 2.45. The molecule has 0 radical (unpaired) electrons. The van der Waals surface area contributed by atoms with Crippen LogP contribution in [0.5, 0.6) is 0 Å². The zero-order chi connectivity index (χ0) is 23.5. The van der Waals surface area contributed by atoms with E-state index in [-0.39, 0.29) is 5.91 Å². The first-order chi connectivity index (χ1) is 15.0. The van der Waals surface area contributed by atoms with Crippen LogP contribution in [0, 0.1) is 24.2 Å². The fourth-order valence-electron chi connectivity index (χ4n) is 4.69. The van der Waals surface area contributed by atoms with E-state index in [1.165, 1.54) is 12.8 Å². The summed E-state index contributed by atoms with van der Waals surface area (Å²) >= 11 is 0. The van der Waals surface area contributed by atoms with E-state index >= 15 is 0 Å². The number of ether oxygens (including phenoxy) is 1. The summed E-state index contributed by atoms with van der Waals surface area (Å²) < 4.78 is 43.1. The van der Waals surface area contributed by atoms with Crippen LogP contribution in [-0.2, 0) is 9.53 Å². The molecule has 3 heterocycles. The van der Waals surface area contributed by atoms with Gasteiger partial charge < -0.3 is 24.1 Å². The van der Waals surface area contributed by atoms with E-state index in [9.17, 15) is 18.0 Å². The predicted octanol–water partition coefficient (Wildman–Crippen LogP) is 3.43. The van der Waals surface area contributed by atoms with Gasteiger partial charge in [0.2, 0.25) is 0 Å². The van der Waals surface area contributed by atoms with Gasteiger partial charge in [0.05, 0.1) is 18.4 Å². The van der Waals surface area contributed by atoms with Gasteiger partial charge in [-0.25, -0.2) is 4.79 Å². The third-order valence-corrected chi connectivity index (χ3v) is 6.73. The first-order valence-corrected chi connectivity index (χ1v) is 10.9. The number of carboxylic acids is 1. The number of carbonyl (C=O) groups excluding carboxylic acids is 1. The lowest BCUT2D eigenvalue weighted by Crippen LogP contribution is -2.47. The molecule has 4 rings (SSSR count). The molecule has 1 saturated carbocycles. The smallest absolute Gasteiger partial charge is 0.475 e. The second-order valence-corrected chi connectivity index (χ2v) is 9.22. The van der Waals surface area contributed by atoms with E-state index in [2.05, 4.69) is 11.9 Å². The van der Waals surface area contributed by atoms with Crippen molar-refractivity contribution in [3.05, 3.63) is 23.7 Å². The van der Waals surface area contributed by atoms with Crippen molar-refractivity contribution >= 4 is 11.9 Å². The molecule has 3 fully saturated rings. The van der Waals surface area contributed by atoms with Gasteiger partial charge >= 0.3 is 12.1 Å². The Morgan fingerprint density at radius 3 is 2.38 bits per heavy atom. The number of likely N-dealkylation sites (tertiary alicyclic amines) is 2. The molecular weight excluding hydrogens is 429 g/mol. The Balaban J connectivity index is 0.000000360. The highest BCUT2D eigenvalue weighted by atomic mass is 19.4. The second kappa shape index (κ2) is 9.82. The fraction of sp³-hybridized carbons (Fsp3) is 0.727. The van der Waals surface area contributed by atoms with Gasteiger partial charge in [0.15, 0.2) is 0 Å². The molecule has 180 valence electrons. The lowest BCUT2D eigenvalue weighted by Gasteiger charge is -2.42. The number of alkyl halides is 3. The van der Waals surface area contributed by atoms with Crippen molar-refractivity contribution in [1.29, 1.82) is 0 Å². The van der Waals surface area contributed by atoms with Crippen molar-refractivity contribution < 1.29 is 37.0 Å². The molecule has 1 aliphatic carbocycles. The summed E-state index contributed by atoms with van der Waals surface area (Å²) in [5, 5.41) is 7.12. The Kier molecular flexibility index (Phi) is 7.54. The summed E-state index contributed by atoms with van der Waals surface area (Å²) in [6, 6.07) is 1.79. The van der Waals surface area contributed by atoms with Crippen LogP contribution in [0.3, 0.4) is 0 Å². The molecule has 2 saturated heterocycles. The first-order valence-electron chi connectivity index (χ1n) is 10.9. The highest BCUT2D eigenvalue weighted by molar-refractivity contribution is 5.95. The van der Waals surface area contributed by atoms with E-state index in [0.717, 1.165) is 63.9 Å². The van der Waals surface area contributed by atoms with E-state index in [1.807, 2.05) is 11.8 Å². The van der Waals surface area contributed by atoms with Crippen LogP contribution in [-0.4, -0.2) is 79.4 Å². The third kappa shape index (κ3) is 6.04. The lowest BCUT2D eigenvalue weighted by atomic mass is 9.71. The van der Waals surface area contributed by atoms with Gasteiger partial charge in [-0.3, -0.25) is 4.79 Å². The maximum absolute atomic E-state index is 12.7. The first kappa shape index (κ1) is 24.6. The van der Waals surface area contributed by atoms with Gasteiger partial charge in [-0.05, 0) is 57.1 Å². The zero-order valence-corrected chi connectivity index (χ0v) is 18.5. The topological polar surface area (TPSA) is 83.2 Å². The molecule has 0 bridgehead atoms. The molecule has 7 nitrogen and oxygen atoms in total. The molecular formula is C22H31F3N2O5. The predicted molar refractivity (Wildman–Crippen MR) is 109 cm³/mol. The number of halogens is 3. The monoisotopic (exact) mass is 460 g/mol. The van der Waals surface area contributed by atoms with Crippen molar-refractivity contribution in [2.75, 3.05) is 46.4 Å². The average molecular weight is 460 g/mol. The zero-order valence-electron chi connectivity index (χ0n) is 18.5. The van der Waals surface area contributed by atoms with Crippen LogP contribution in [0.25, 0.3) is 0 Å². The average Bonchev–Trinajstić information content (AvgIpc) is 3.36. The molecule has 1 spiro atoms. The van der Waals surface area contributed by atoms with Crippen LogP contribution < -0.4 is 0 Å². The molecule has 0 aromatic carbocycles. The fourth-order valence-corrected chi connectivity index (χ4v) is 4.69. The summed E-state index contributed by atoms with van der Waals surface area (Å²) in [5.74, 6) is -0.490. The maximum Gasteiger partial charge on any atom is 0.490 e. The molecule has 10 heteroatoms. The summed E-state index contributed by atoms with van der Waals surface area (Å²) in [6.45, 7) is 7.64. The van der Waals surface area contributed by atoms with Crippen molar-refractivity contribution in [2.45, 2.75) is 38.8 Å². The van der Waals surface area contributed by atoms with E-state index in [1.54, 1.807) is 12.3 Å². The number of rotatable bonds is 5.